The predicted molar refractivity (Wildman–Crippen MR) is 81.1 cm³/mol. The molecule has 20 heavy (non-hydrogen) atoms. The van der Waals surface area contributed by atoms with E-state index in [1.165, 1.54) is 11.5 Å². The summed E-state index contributed by atoms with van der Waals surface area (Å²) in [5, 5.41) is 0.706. The molecule has 0 unspecified atom stereocenters. The van der Waals surface area contributed by atoms with Gasteiger partial charge in [0.1, 0.15) is 5.69 Å². The summed E-state index contributed by atoms with van der Waals surface area (Å²) >= 11 is 1.38. The van der Waals surface area contributed by atoms with Gasteiger partial charge in [0, 0.05) is 0 Å². The Morgan fingerprint density at radius 2 is 2.05 bits per heavy atom. The highest BCUT2D eigenvalue weighted by atomic mass is 32.1. The maximum absolute atomic E-state index is 12.3. The summed E-state index contributed by atoms with van der Waals surface area (Å²) < 4.78 is 2.52. The number of aromatic nitrogens is 2. The van der Waals surface area contributed by atoms with Gasteiger partial charge in [-0.15, -0.1) is 0 Å². The third-order valence-corrected chi connectivity index (χ3v) is 3.84. The van der Waals surface area contributed by atoms with Crippen molar-refractivity contribution >= 4 is 21.6 Å². The highest BCUT2D eigenvalue weighted by Crippen LogP contribution is 2.18. The molecule has 0 saturated heterocycles. The van der Waals surface area contributed by atoms with Gasteiger partial charge in [-0.2, -0.15) is 0 Å². The monoisotopic (exact) mass is 281 g/mol. The minimum atomic E-state index is -0.0537. The van der Waals surface area contributed by atoms with Crippen molar-refractivity contribution in [2.75, 3.05) is 6.54 Å². The van der Waals surface area contributed by atoms with Crippen LogP contribution in [-0.4, -0.2) is 15.5 Å². The molecule has 0 atom stereocenters. The van der Waals surface area contributed by atoms with Gasteiger partial charge in [-0.1, -0.05) is 24.1 Å². The van der Waals surface area contributed by atoms with Gasteiger partial charge in [0.2, 0.25) is 0 Å². The molecule has 4 nitrogen and oxygen atoms in total. The van der Waals surface area contributed by atoms with E-state index in [9.17, 15) is 4.79 Å². The van der Waals surface area contributed by atoms with Crippen LogP contribution in [0.2, 0.25) is 0 Å². The molecule has 0 amide bonds. The first kappa shape index (κ1) is 12.6. The standard InChI is InChI=1S/C15H11N3OS/c16-10-4-6-11-5-3-9-14(17-11)18-15(19)12-7-1-2-8-13(12)20-18/h1-3,5,7-9H,10,16H2. The molecule has 0 aliphatic rings. The molecule has 0 fully saturated rings. The Kier molecular flexibility index (Phi) is 3.33. The topological polar surface area (TPSA) is 60.9 Å². The molecular weight excluding hydrogens is 270 g/mol. The van der Waals surface area contributed by atoms with Gasteiger partial charge >= 0.3 is 0 Å². The quantitative estimate of drug-likeness (QED) is 0.691. The smallest absolute Gasteiger partial charge is 0.274 e. The zero-order chi connectivity index (χ0) is 13.9. The summed E-state index contributed by atoms with van der Waals surface area (Å²) in [6.45, 7) is 0.286. The first-order valence-corrected chi connectivity index (χ1v) is 6.84. The molecule has 0 aliphatic carbocycles. The van der Waals surface area contributed by atoms with Crippen LogP contribution in [0.15, 0.2) is 47.3 Å². The van der Waals surface area contributed by atoms with E-state index in [1.807, 2.05) is 30.3 Å². The first-order valence-electron chi connectivity index (χ1n) is 6.07. The molecule has 2 N–H and O–H groups in total. The summed E-state index contributed by atoms with van der Waals surface area (Å²) in [6.07, 6.45) is 0. The van der Waals surface area contributed by atoms with Crippen LogP contribution in [0.4, 0.5) is 0 Å². The molecule has 98 valence electrons. The van der Waals surface area contributed by atoms with Crippen molar-refractivity contribution in [2.24, 2.45) is 5.73 Å². The number of nitrogens with two attached hydrogens (primary N) is 1. The lowest BCUT2D eigenvalue weighted by atomic mass is 10.3. The second kappa shape index (κ2) is 5.29. The summed E-state index contributed by atoms with van der Waals surface area (Å²) in [4.78, 5) is 16.7. The molecule has 0 bridgehead atoms. The molecule has 3 rings (SSSR count). The van der Waals surface area contributed by atoms with Crippen LogP contribution in [0.5, 0.6) is 0 Å². The van der Waals surface area contributed by atoms with Crippen LogP contribution in [0, 0.1) is 11.8 Å². The van der Waals surface area contributed by atoms with E-state index in [-0.39, 0.29) is 12.1 Å². The van der Waals surface area contributed by atoms with Crippen molar-refractivity contribution in [1.82, 2.24) is 8.94 Å². The predicted octanol–water partition coefficient (Wildman–Crippen LogP) is 1.76. The van der Waals surface area contributed by atoms with E-state index < -0.39 is 0 Å². The van der Waals surface area contributed by atoms with Gasteiger partial charge in [-0.05, 0) is 41.7 Å². The average Bonchev–Trinajstić information content (AvgIpc) is 2.83. The Morgan fingerprint density at radius 3 is 2.85 bits per heavy atom. The van der Waals surface area contributed by atoms with E-state index in [4.69, 9.17) is 5.73 Å². The van der Waals surface area contributed by atoms with Crippen LogP contribution in [0.3, 0.4) is 0 Å². The molecule has 0 saturated carbocycles. The second-order valence-electron chi connectivity index (χ2n) is 4.07. The third kappa shape index (κ3) is 2.23. The van der Waals surface area contributed by atoms with Gasteiger partial charge in [0.25, 0.3) is 5.56 Å². The molecule has 0 aliphatic heterocycles. The summed E-state index contributed by atoms with van der Waals surface area (Å²) in [6, 6.07) is 12.9. The number of pyridine rings is 1. The number of rotatable bonds is 1. The normalized spacial score (nSPS) is 10.2. The molecule has 5 heteroatoms. The van der Waals surface area contributed by atoms with Gasteiger partial charge in [0.15, 0.2) is 5.82 Å². The number of nitrogens with zero attached hydrogens (tertiary/aromatic N) is 2. The van der Waals surface area contributed by atoms with Crippen LogP contribution in [-0.2, 0) is 0 Å². The lowest BCUT2D eigenvalue weighted by Crippen LogP contribution is -2.12. The summed E-state index contributed by atoms with van der Waals surface area (Å²) in [5.74, 6) is 6.21. The SMILES string of the molecule is NCC#Cc1cccc(-n2sc3ccccc3c2=O)n1. The lowest BCUT2D eigenvalue weighted by molar-refractivity contribution is 1.05. The van der Waals surface area contributed by atoms with Crippen LogP contribution >= 0.6 is 11.5 Å². The zero-order valence-electron chi connectivity index (χ0n) is 10.5. The minimum absolute atomic E-state index is 0.0537. The van der Waals surface area contributed by atoms with Crippen molar-refractivity contribution in [2.45, 2.75) is 0 Å². The Balaban J connectivity index is 2.16. The molecule has 2 heterocycles. The van der Waals surface area contributed by atoms with E-state index in [0.29, 0.717) is 16.9 Å². The summed E-state index contributed by atoms with van der Waals surface area (Å²) in [5.41, 5.74) is 5.90. The maximum atomic E-state index is 12.3. The van der Waals surface area contributed by atoms with Gasteiger partial charge in [0.05, 0.1) is 16.6 Å². The van der Waals surface area contributed by atoms with Gasteiger partial charge in [-0.3, -0.25) is 4.79 Å². The van der Waals surface area contributed by atoms with Gasteiger partial charge < -0.3 is 5.73 Å². The second-order valence-corrected chi connectivity index (χ2v) is 5.06. The van der Waals surface area contributed by atoms with E-state index >= 15 is 0 Å². The third-order valence-electron chi connectivity index (χ3n) is 2.75. The largest absolute Gasteiger partial charge is 0.320 e. The van der Waals surface area contributed by atoms with E-state index in [0.717, 1.165) is 4.70 Å². The Bertz CT molecular complexity index is 883. The van der Waals surface area contributed by atoms with Crippen LogP contribution in [0.25, 0.3) is 15.9 Å². The molecule has 3 aromatic rings. The molecule has 1 aromatic carbocycles. The van der Waals surface area contributed by atoms with Crippen molar-refractivity contribution in [3.63, 3.8) is 0 Å². The van der Waals surface area contributed by atoms with Crippen molar-refractivity contribution in [1.29, 1.82) is 0 Å². The zero-order valence-corrected chi connectivity index (χ0v) is 11.4. The highest BCUT2D eigenvalue weighted by Gasteiger charge is 2.09. The number of hydrogen-bond acceptors (Lipinski definition) is 4. The number of hydrogen-bond donors (Lipinski definition) is 1. The highest BCUT2D eigenvalue weighted by molar-refractivity contribution is 7.14. The summed E-state index contributed by atoms with van der Waals surface area (Å²) in [7, 11) is 0. The Hall–Kier alpha value is -2.42. The maximum Gasteiger partial charge on any atom is 0.274 e. The molecular formula is C15H11N3OS. The first-order chi connectivity index (χ1) is 9.79. The van der Waals surface area contributed by atoms with Crippen molar-refractivity contribution < 1.29 is 0 Å². The fourth-order valence-corrected chi connectivity index (χ4v) is 2.84. The van der Waals surface area contributed by atoms with E-state index in [2.05, 4.69) is 16.8 Å². The number of fused-ring (bicyclic) bond motifs is 1. The average molecular weight is 281 g/mol. The fraction of sp³-hybridized carbons (Fsp3) is 0.0667. The van der Waals surface area contributed by atoms with Crippen molar-refractivity contribution in [3.8, 4) is 17.7 Å². The Morgan fingerprint density at radius 1 is 1.20 bits per heavy atom. The minimum Gasteiger partial charge on any atom is -0.320 e. The molecule has 0 spiro atoms. The van der Waals surface area contributed by atoms with E-state index in [1.54, 1.807) is 16.1 Å². The lowest BCUT2D eigenvalue weighted by Gasteiger charge is -1.99. The van der Waals surface area contributed by atoms with Gasteiger partial charge in [-0.25, -0.2) is 8.94 Å². The Labute approximate surface area is 119 Å². The van der Waals surface area contributed by atoms with Crippen molar-refractivity contribution in [3.05, 3.63) is 58.5 Å². The van der Waals surface area contributed by atoms with Crippen LogP contribution in [0.1, 0.15) is 5.69 Å². The van der Waals surface area contributed by atoms with Crippen LogP contribution < -0.4 is 11.3 Å². The molecule has 2 aromatic heterocycles. The molecule has 0 radical (unpaired) electrons. The fourth-order valence-electron chi connectivity index (χ4n) is 1.87. The number of benzene rings is 1.